The molecule has 0 aliphatic heterocycles. The lowest BCUT2D eigenvalue weighted by molar-refractivity contribution is -0.121. The molecule has 3 rings (SSSR count). The van der Waals surface area contributed by atoms with Crippen LogP contribution in [0.2, 0.25) is 0 Å². The number of aryl methyl sites for hydroxylation is 2. The van der Waals surface area contributed by atoms with Gasteiger partial charge in [0.1, 0.15) is 0 Å². The summed E-state index contributed by atoms with van der Waals surface area (Å²) >= 11 is 0. The zero-order chi connectivity index (χ0) is 24.0. The molecule has 0 aliphatic rings. The van der Waals surface area contributed by atoms with E-state index < -0.39 is 10.0 Å². The van der Waals surface area contributed by atoms with Gasteiger partial charge in [0.25, 0.3) is 0 Å². The predicted octanol–water partition coefficient (Wildman–Crippen LogP) is 4.08. The first-order valence-electron chi connectivity index (χ1n) is 10.7. The molecule has 0 aromatic heterocycles. The number of carbonyl (C=O) groups excluding carboxylic acids is 2. The Morgan fingerprint density at radius 1 is 0.848 bits per heavy atom. The summed E-state index contributed by atoms with van der Waals surface area (Å²) in [5.41, 5.74) is 4.64. The van der Waals surface area contributed by atoms with Crippen LogP contribution in [0.1, 0.15) is 52.0 Å². The Hall–Kier alpha value is -3.29. The second-order valence-corrected chi connectivity index (χ2v) is 9.75. The number of sulfonamides is 1. The molecule has 3 aromatic carbocycles. The van der Waals surface area contributed by atoms with Crippen molar-refractivity contribution in [3.63, 3.8) is 0 Å². The van der Waals surface area contributed by atoms with Crippen molar-refractivity contribution in [3.8, 4) is 0 Å². The first-order valence-corrected chi connectivity index (χ1v) is 12.2. The number of hydrogen-bond donors (Lipinski definition) is 2. The fraction of sp³-hybridized carbons (Fsp3) is 0.231. The van der Waals surface area contributed by atoms with E-state index in [2.05, 4.69) is 16.1 Å². The molecule has 1 amide bonds. The van der Waals surface area contributed by atoms with Crippen molar-refractivity contribution >= 4 is 21.7 Å². The number of nitrogens with one attached hydrogen (secondary N) is 2. The van der Waals surface area contributed by atoms with Crippen molar-refractivity contribution < 1.29 is 18.0 Å². The maximum atomic E-state index is 12.7. The van der Waals surface area contributed by atoms with Crippen LogP contribution in [0.4, 0.5) is 0 Å². The predicted molar refractivity (Wildman–Crippen MR) is 129 cm³/mol. The number of rotatable bonds is 9. The largest absolute Gasteiger partial charge is 0.345 e. The lowest BCUT2D eigenvalue weighted by atomic mass is 9.95. The van der Waals surface area contributed by atoms with Crippen LogP contribution in [0.3, 0.4) is 0 Å². The lowest BCUT2D eigenvalue weighted by Crippen LogP contribution is -2.33. The van der Waals surface area contributed by atoms with E-state index in [-0.39, 0.29) is 35.6 Å². The molecule has 0 saturated heterocycles. The summed E-state index contributed by atoms with van der Waals surface area (Å²) in [4.78, 5) is 24.1. The van der Waals surface area contributed by atoms with Crippen LogP contribution in [0.15, 0.2) is 77.7 Å². The summed E-state index contributed by atoms with van der Waals surface area (Å²) in [6, 6.07) is 21.1. The molecule has 7 heteroatoms. The first kappa shape index (κ1) is 24.4. The van der Waals surface area contributed by atoms with Gasteiger partial charge < -0.3 is 5.32 Å². The SMILES string of the molecule is CC(=O)c1ccc(S(=O)(=O)NCCC(=O)N[C@H](c2ccccc2)c2ccc(C)c(C)c2)cc1. The molecule has 0 fully saturated rings. The van der Waals surface area contributed by atoms with E-state index in [0.29, 0.717) is 5.56 Å². The summed E-state index contributed by atoms with van der Waals surface area (Å²) in [6.45, 7) is 5.44. The highest BCUT2D eigenvalue weighted by Crippen LogP contribution is 2.24. The molecule has 6 nitrogen and oxygen atoms in total. The van der Waals surface area contributed by atoms with E-state index in [1.54, 1.807) is 0 Å². The summed E-state index contributed by atoms with van der Waals surface area (Å²) < 4.78 is 27.5. The molecule has 0 radical (unpaired) electrons. The first-order chi connectivity index (χ1) is 15.7. The Morgan fingerprint density at radius 3 is 2.12 bits per heavy atom. The van der Waals surface area contributed by atoms with Crippen LogP contribution >= 0.6 is 0 Å². The van der Waals surface area contributed by atoms with Gasteiger partial charge in [-0.05, 0) is 55.2 Å². The number of benzene rings is 3. The van der Waals surface area contributed by atoms with Gasteiger partial charge in [0.05, 0.1) is 10.9 Å². The highest BCUT2D eigenvalue weighted by molar-refractivity contribution is 7.89. The van der Waals surface area contributed by atoms with Crippen molar-refractivity contribution in [2.75, 3.05) is 6.54 Å². The average Bonchev–Trinajstić information content (AvgIpc) is 2.80. The summed E-state index contributed by atoms with van der Waals surface area (Å²) in [6.07, 6.45) is -0.0149. The van der Waals surface area contributed by atoms with Crippen LogP contribution in [0, 0.1) is 13.8 Å². The lowest BCUT2D eigenvalue weighted by Gasteiger charge is -2.21. The molecule has 3 aromatic rings. The highest BCUT2D eigenvalue weighted by atomic mass is 32.2. The Morgan fingerprint density at radius 2 is 1.52 bits per heavy atom. The van der Waals surface area contributed by atoms with Gasteiger partial charge in [-0.1, -0.05) is 60.7 Å². The Kier molecular flexibility index (Phi) is 7.79. The highest BCUT2D eigenvalue weighted by Gasteiger charge is 2.19. The Bertz CT molecular complexity index is 1240. The van der Waals surface area contributed by atoms with E-state index >= 15 is 0 Å². The van der Waals surface area contributed by atoms with Crippen molar-refractivity contribution in [2.24, 2.45) is 0 Å². The summed E-state index contributed by atoms with van der Waals surface area (Å²) in [5, 5.41) is 3.03. The molecule has 0 heterocycles. The molecular weight excluding hydrogens is 436 g/mol. The maximum absolute atomic E-state index is 12.7. The van der Waals surface area contributed by atoms with Crippen molar-refractivity contribution in [1.29, 1.82) is 0 Å². The molecule has 2 N–H and O–H groups in total. The van der Waals surface area contributed by atoms with E-state index in [4.69, 9.17) is 0 Å². The quantitative estimate of drug-likeness (QED) is 0.467. The Balaban J connectivity index is 1.66. The van der Waals surface area contributed by atoms with Crippen LogP contribution in [-0.4, -0.2) is 26.7 Å². The fourth-order valence-electron chi connectivity index (χ4n) is 3.43. The van der Waals surface area contributed by atoms with Crippen LogP contribution in [0.25, 0.3) is 0 Å². The van der Waals surface area contributed by atoms with Crippen molar-refractivity contribution in [2.45, 2.75) is 38.1 Å². The zero-order valence-corrected chi connectivity index (χ0v) is 19.8. The third-order valence-electron chi connectivity index (χ3n) is 5.52. The molecule has 0 spiro atoms. The molecular formula is C26H28N2O4S. The van der Waals surface area contributed by atoms with Crippen LogP contribution in [-0.2, 0) is 14.8 Å². The average molecular weight is 465 g/mol. The maximum Gasteiger partial charge on any atom is 0.240 e. The van der Waals surface area contributed by atoms with Crippen LogP contribution < -0.4 is 10.0 Å². The minimum Gasteiger partial charge on any atom is -0.345 e. The normalized spacial score (nSPS) is 12.2. The smallest absolute Gasteiger partial charge is 0.240 e. The van der Waals surface area contributed by atoms with Crippen LogP contribution in [0.5, 0.6) is 0 Å². The number of carbonyl (C=O) groups is 2. The molecule has 0 bridgehead atoms. The molecule has 0 aliphatic carbocycles. The monoisotopic (exact) mass is 464 g/mol. The second kappa shape index (κ2) is 10.6. The zero-order valence-electron chi connectivity index (χ0n) is 19.0. The third kappa shape index (κ3) is 6.37. The minimum absolute atomic E-state index is 0.0149. The topological polar surface area (TPSA) is 92.3 Å². The van der Waals surface area contributed by atoms with E-state index in [0.717, 1.165) is 16.7 Å². The fourth-order valence-corrected chi connectivity index (χ4v) is 4.46. The minimum atomic E-state index is -3.78. The van der Waals surface area contributed by atoms with Gasteiger partial charge >= 0.3 is 0 Å². The van der Waals surface area contributed by atoms with Gasteiger partial charge in [-0.3, -0.25) is 9.59 Å². The number of ketones is 1. The van der Waals surface area contributed by atoms with E-state index in [1.807, 2.05) is 56.3 Å². The number of amides is 1. The molecule has 0 unspecified atom stereocenters. The number of hydrogen-bond acceptors (Lipinski definition) is 4. The van der Waals surface area contributed by atoms with Gasteiger partial charge in [-0.2, -0.15) is 0 Å². The molecule has 172 valence electrons. The molecule has 1 atom stereocenters. The standard InChI is InChI=1S/C26H28N2O4S/c1-18-9-10-23(17-19(18)2)26(22-7-5-4-6-8-22)28-25(30)15-16-27-33(31,32)24-13-11-21(12-14-24)20(3)29/h4-14,17,26-27H,15-16H2,1-3H3,(H,28,30)/t26-/m1/s1. The molecule has 33 heavy (non-hydrogen) atoms. The van der Waals surface area contributed by atoms with Gasteiger partial charge in [-0.15, -0.1) is 0 Å². The third-order valence-corrected chi connectivity index (χ3v) is 6.99. The Labute approximate surface area is 195 Å². The van der Waals surface area contributed by atoms with Crippen molar-refractivity contribution in [1.82, 2.24) is 10.0 Å². The van der Waals surface area contributed by atoms with Gasteiger partial charge in [-0.25, -0.2) is 13.1 Å². The number of Topliss-reactive ketones (excluding diaryl/α,β-unsaturated/α-hetero) is 1. The van der Waals surface area contributed by atoms with Gasteiger partial charge in [0.2, 0.25) is 15.9 Å². The summed E-state index contributed by atoms with van der Waals surface area (Å²) in [7, 11) is -3.78. The van der Waals surface area contributed by atoms with Crippen molar-refractivity contribution in [3.05, 3.63) is 101 Å². The van der Waals surface area contributed by atoms with E-state index in [9.17, 15) is 18.0 Å². The molecule has 0 saturated carbocycles. The second-order valence-electron chi connectivity index (χ2n) is 7.98. The summed E-state index contributed by atoms with van der Waals surface area (Å²) in [5.74, 6) is -0.406. The van der Waals surface area contributed by atoms with E-state index in [1.165, 1.54) is 36.8 Å². The van der Waals surface area contributed by atoms with Gasteiger partial charge in [0, 0.05) is 18.5 Å². The van der Waals surface area contributed by atoms with Gasteiger partial charge in [0.15, 0.2) is 5.78 Å².